The van der Waals surface area contributed by atoms with Crippen molar-refractivity contribution in [1.29, 1.82) is 0 Å². The molecule has 5 heteroatoms. The fraction of sp³-hybridized carbons (Fsp3) is 0.219. The molecule has 1 aliphatic rings. The van der Waals surface area contributed by atoms with Crippen molar-refractivity contribution in [3.63, 3.8) is 0 Å². The number of rotatable bonds is 5. The third kappa shape index (κ3) is 4.13. The van der Waals surface area contributed by atoms with E-state index < -0.39 is 0 Å². The molecule has 0 fully saturated rings. The van der Waals surface area contributed by atoms with Gasteiger partial charge in [-0.25, -0.2) is 0 Å². The van der Waals surface area contributed by atoms with E-state index in [-0.39, 0.29) is 0 Å². The molecule has 0 saturated heterocycles. The van der Waals surface area contributed by atoms with E-state index in [1.807, 2.05) is 18.2 Å². The van der Waals surface area contributed by atoms with Crippen LogP contribution in [0.3, 0.4) is 0 Å². The molecular formula is C32H31N3OS. The topological polar surface area (TPSA) is 30.6 Å². The van der Waals surface area contributed by atoms with Crippen LogP contribution in [0.15, 0.2) is 79.0 Å². The minimum absolute atomic E-state index is 0.731. The number of hydrogen-bond acceptors (Lipinski definition) is 2. The molecule has 0 spiro atoms. The molecule has 0 unspecified atom stereocenters. The molecule has 0 aliphatic carbocycles. The third-order valence-electron chi connectivity index (χ3n) is 7.47. The molecule has 1 aliphatic heterocycles. The molecule has 0 radical (unpaired) electrons. The Hall–Kier alpha value is -3.83. The summed E-state index contributed by atoms with van der Waals surface area (Å²) in [7, 11) is 1.71. The second kappa shape index (κ2) is 9.56. The van der Waals surface area contributed by atoms with Crippen molar-refractivity contribution >= 4 is 28.5 Å². The number of benzene rings is 3. The van der Waals surface area contributed by atoms with Crippen molar-refractivity contribution < 1.29 is 4.74 Å². The molecule has 1 N–H and O–H groups in total. The molecular weight excluding hydrogens is 474 g/mol. The van der Waals surface area contributed by atoms with E-state index in [9.17, 15) is 0 Å². The first kappa shape index (κ1) is 23.6. The van der Waals surface area contributed by atoms with Crippen LogP contribution in [0.4, 0.5) is 5.69 Å². The highest BCUT2D eigenvalue weighted by molar-refractivity contribution is 7.81. The lowest BCUT2D eigenvalue weighted by atomic mass is 9.97. The van der Waals surface area contributed by atoms with Crippen LogP contribution >= 0.6 is 12.2 Å². The number of anilines is 1. The summed E-state index contributed by atoms with van der Waals surface area (Å²) in [6.45, 7) is 5.24. The van der Waals surface area contributed by atoms with Crippen LogP contribution < -0.4 is 10.1 Å². The van der Waals surface area contributed by atoms with E-state index in [2.05, 4.69) is 88.9 Å². The number of para-hydroxylation sites is 1. The van der Waals surface area contributed by atoms with Gasteiger partial charge in [0.25, 0.3) is 0 Å². The largest absolute Gasteiger partial charge is 0.497 e. The minimum Gasteiger partial charge on any atom is -0.497 e. The Balaban J connectivity index is 1.60. The highest BCUT2D eigenvalue weighted by Gasteiger charge is 2.28. The van der Waals surface area contributed by atoms with Gasteiger partial charge >= 0.3 is 0 Å². The standard InChI is InChI=1S/C32H31N3OS/c1-21-11-13-23(14-12-21)28-20-35-30(31(37)33-27-10-5-4-8-22(27)2)29(24-15-17-25(36-3)18-16-24)26-9-6-7-19-34(28)32(26)35/h4-5,8,10-18,20H,6-7,9,19H2,1-3H3,(H,33,37). The van der Waals surface area contributed by atoms with Gasteiger partial charge in [-0.2, -0.15) is 0 Å². The Bertz CT molecular complexity index is 1610. The molecule has 3 aromatic carbocycles. The number of nitrogens with one attached hydrogen (secondary N) is 1. The van der Waals surface area contributed by atoms with Gasteiger partial charge < -0.3 is 14.6 Å². The predicted octanol–water partition coefficient (Wildman–Crippen LogP) is 7.82. The maximum atomic E-state index is 6.16. The fourth-order valence-corrected chi connectivity index (χ4v) is 5.84. The summed E-state index contributed by atoms with van der Waals surface area (Å²) in [6.07, 6.45) is 5.61. The zero-order chi connectivity index (χ0) is 25.5. The first-order chi connectivity index (χ1) is 18.0. The fourth-order valence-electron chi connectivity index (χ4n) is 5.53. The second-order valence-electron chi connectivity index (χ2n) is 9.88. The summed E-state index contributed by atoms with van der Waals surface area (Å²) in [5.41, 5.74) is 12.0. The number of ether oxygens (including phenoxy) is 1. The maximum Gasteiger partial charge on any atom is 0.128 e. The van der Waals surface area contributed by atoms with Crippen LogP contribution in [0.25, 0.3) is 28.0 Å². The van der Waals surface area contributed by atoms with Crippen LogP contribution in [-0.2, 0) is 13.0 Å². The van der Waals surface area contributed by atoms with Crippen molar-refractivity contribution in [2.75, 3.05) is 12.4 Å². The van der Waals surface area contributed by atoms with Gasteiger partial charge in [-0.1, -0.05) is 72.4 Å². The van der Waals surface area contributed by atoms with Gasteiger partial charge in [0.05, 0.1) is 18.5 Å². The summed E-state index contributed by atoms with van der Waals surface area (Å²) >= 11 is 6.16. The zero-order valence-electron chi connectivity index (χ0n) is 21.5. The number of thiocarbonyl (C=S) groups is 1. The number of methoxy groups -OCH3 is 1. The quantitative estimate of drug-likeness (QED) is 0.247. The van der Waals surface area contributed by atoms with E-state index in [4.69, 9.17) is 17.0 Å². The Labute approximate surface area is 223 Å². The molecule has 2 aromatic heterocycles. The highest BCUT2D eigenvalue weighted by Crippen LogP contribution is 2.40. The monoisotopic (exact) mass is 505 g/mol. The maximum absolute atomic E-state index is 6.16. The summed E-state index contributed by atoms with van der Waals surface area (Å²) < 4.78 is 10.3. The lowest BCUT2D eigenvalue weighted by Gasteiger charge is -2.14. The molecule has 6 rings (SSSR count). The predicted molar refractivity (Wildman–Crippen MR) is 157 cm³/mol. The van der Waals surface area contributed by atoms with Gasteiger partial charge in [0.15, 0.2) is 0 Å². The van der Waals surface area contributed by atoms with Gasteiger partial charge in [-0.3, -0.25) is 4.40 Å². The summed E-state index contributed by atoms with van der Waals surface area (Å²) in [5, 5.41) is 3.58. The van der Waals surface area contributed by atoms with Gasteiger partial charge in [-0.05, 0) is 68.0 Å². The number of aromatic nitrogens is 2. The summed E-state index contributed by atoms with van der Waals surface area (Å²) in [5.74, 6) is 0.853. The Morgan fingerprint density at radius 1 is 0.892 bits per heavy atom. The minimum atomic E-state index is 0.731. The first-order valence-corrected chi connectivity index (χ1v) is 13.3. The van der Waals surface area contributed by atoms with E-state index >= 15 is 0 Å². The molecule has 0 atom stereocenters. The van der Waals surface area contributed by atoms with Crippen molar-refractivity contribution in [3.05, 3.63) is 101 Å². The molecule has 186 valence electrons. The Kier molecular flexibility index (Phi) is 6.09. The average Bonchev–Trinajstić information content (AvgIpc) is 3.33. The van der Waals surface area contributed by atoms with Crippen molar-refractivity contribution in [2.45, 2.75) is 39.7 Å². The first-order valence-electron chi connectivity index (χ1n) is 12.9. The van der Waals surface area contributed by atoms with E-state index in [0.717, 1.165) is 53.5 Å². The van der Waals surface area contributed by atoms with Crippen LogP contribution in [0, 0.1) is 13.8 Å². The molecule has 3 heterocycles. The molecule has 0 bridgehead atoms. The normalized spacial score (nSPS) is 12.9. The number of aryl methyl sites for hydroxylation is 4. The smallest absolute Gasteiger partial charge is 0.128 e. The van der Waals surface area contributed by atoms with E-state index in [0.29, 0.717) is 0 Å². The Morgan fingerprint density at radius 3 is 2.35 bits per heavy atom. The molecule has 4 nitrogen and oxygen atoms in total. The lowest BCUT2D eigenvalue weighted by Crippen LogP contribution is -2.14. The van der Waals surface area contributed by atoms with E-state index in [1.165, 1.54) is 39.2 Å². The SMILES string of the molecule is COc1ccc(-c2c3c4n(c(-c5ccc(C)cc5)cn4c2C(=S)Nc2ccccc2C)CCCC3)cc1. The highest BCUT2D eigenvalue weighted by atomic mass is 32.1. The lowest BCUT2D eigenvalue weighted by molar-refractivity contribution is 0.415. The van der Waals surface area contributed by atoms with Gasteiger partial charge in [0.1, 0.15) is 16.4 Å². The van der Waals surface area contributed by atoms with Gasteiger partial charge in [0, 0.05) is 29.6 Å². The van der Waals surface area contributed by atoms with Crippen molar-refractivity contribution in [1.82, 2.24) is 8.97 Å². The van der Waals surface area contributed by atoms with Crippen molar-refractivity contribution in [2.24, 2.45) is 0 Å². The Morgan fingerprint density at radius 2 is 1.62 bits per heavy atom. The number of imidazole rings is 1. The van der Waals surface area contributed by atoms with E-state index in [1.54, 1.807) is 7.11 Å². The van der Waals surface area contributed by atoms with Gasteiger partial charge in [-0.15, -0.1) is 0 Å². The molecule has 37 heavy (non-hydrogen) atoms. The number of nitrogens with zero attached hydrogens (tertiary/aromatic N) is 2. The van der Waals surface area contributed by atoms with Crippen LogP contribution in [-0.4, -0.2) is 21.1 Å². The van der Waals surface area contributed by atoms with Gasteiger partial charge in [0.2, 0.25) is 0 Å². The van der Waals surface area contributed by atoms with Crippen LogP contribution in [0.5, 0.6) is 5.75 Å². The number of hydrogen-bond donors (Lipinski definition) is 1. The third-order valence-corrected chi connectivity index (χ3v) is 7.76. The summed E-state index contributed by atoms with van der Waals surface area (Å²) in [6, 6.07) is 25.5. The van der Waals surface area contributed by atoms with Crippen LogP contribution in [0.1, 0.15) is 35.2 Å². The zero-order valence-corrected chi connectivity index (χ0v) is 22.4. The molecule has 5 aromatic rings. The second-order valence-corrected chi connectivity index (χ2v) is 10.3. The van der Waals surface area contributed by atoms with Crippen LogP contribution in [0.2, 0.25) is 0 Å². The summed E-state index contributed by atoms with van der Waals surface area (Å²) in [4.78, 5) is 0.731. The van der Waals surface area contributed by atoms with Crippen molar-refractivity contribution in [3.8, 4) is 28.1 Å². The average molecular weight is 506 g/mol. The molecule has 0 saturated carbocycles. The molecule has 0 amide bonds.